The molecule has 1 saturated carbocycles. The van der Waals surface area contributed by atoms with Gasteiger partial charge in [-0.1, -0.05) is 6.42 Å². The summed E-state index contributed by atoms with van der Waals surface area (Å²) >= 11 is 0. The molecule has 1 N–H and O–H groups in total. The monoisotopic (exact) mass is 199 g/mol. The van der Waals surface area contributed by atoms with Gasteiger partial charge in [0.1, 0.15) is 0 Å². The molecule has 3 nitrogen and oxygen atoms in total. The van der Waals surface area contributed by atoms with Crippen LogP contribution in [-0.2, 0) is 4.74 Å². The Morgan fingerprint density at radius 3 is 2.21 bits per heavy atom. The summed E-state index contributed by atoms with van der Waals surface area (Å²) in [4.78, 5) is 2.52. The Labute approximate surface area is 86.0 Å². The molecule has 0 bridgehead atoms. The number of hydrogen-bond acceptors (Lipinski definition) is 3. The maximum Gasteiger partial charge on any atom is 0.0558 e. The van der Waals surface area contributed by atoms with Gasteiger partial charge in [0, 0.05) is 31.8 Å². The third-order valence-electron chi connectivity index (χ3n) is 3.56. The predicted molar refractivity (Wildman–Crippen MR) is 55.3 cm³/mol. The first-order valence-electron chi connectivity index (χ1n) is 5.86. The topological polar surface area (TPSA) is 32.7 Å². The average Bonchev–Trinajstić information content (AvgIpc) is 2.16. The number of rotatable bonds is 4. The molecule has 0 aromatic heterocycles. The lowest BCUT2D eigenvalue weighted by Gasteiger charge is -2.43. The van der Waals surface area contributed by atoms with Crippen LogP contribution >= 0.6 is 0 Å². The van der Waals surface area contributed by atoms with E-state index in [1.807, 2.05) is 0 Å². The van der Waals surface area contributed by atoms with Crippen molar-refractivity contribution < 1.29 is 9.84 Å². The molecule has 2 aliphatic rings. The van der Waals surface area contributed by atoms with Gasteiger partial charge in [0.25, 0.3) is 0 Å². The first-order valence-corrected chi connectivity index (χ1v) is 5.86. The van der Waals surface area contributed by atoms with E-state index in [0.29, 0.717) is 12.6 Å². The van der Waals surface area contributed by atoms with Crippen molar-refractivity contribution in [2.45, 2.75) is 44.2 Å². The first kappa shape index (κ1) is 10.4. The molecule has 0 aromatic carbocycles. The fraction of sp³-hybridized carbons (Fsp3) is 1.00. The van der Waals surface area contributed by atoms with Crippen molar-refractivity contribution in [1.82, 2.24) is 4.90 Å². The fourth-order valence-electron chi connectivity index (χ4n) is 2.51. The lowest BCUT2D eigenvalue weighted by molar-refractivity contribution is -0.00743. The van der Waals surface area contributed by atoms with E-state index in [-0.39, 0.29) is 0 Å². The summed E-state index contributed by atoms with van der Waals surface area (Å²) in [6, 6.07) is 1.42. The minimum absolute atomic E-state index is 0.299. The van der Waals surface area contributed by atoms with Gasteiger partial charge < -0.3 is 9.84 Å². The second-order valence-corrected chi connectivity index (χ2v) is 4.39. The van der Waals surface area contributed by atoms with E-state index in [4.69, 9.17) is 9.84 Å². The molecule has 0 aromatic rings. The fourth-order valence-corrected chi connectivity index (χ4v) is 2.51. The summed E-state index contributed by atoms with van der Waals surface area (Å²) in [7, 11) is 0. The van der Waals surface area contributed by atoms with Crippen molar-refractivity contribution in [3.63, 3.8) is 0 Å². The first-order chi connectivity index (χ1) is 6.92. The molecule has 82 valence electrons. The lowest BCUT2D eigenvalue weighted by Crippen LogP contribution is -2.49. The van der Waals surface area contributed by atoms with Crippen LogP contribution in [0.25, 0.3) is 0 Å². The summed E-state index contributed by atoms with van der Waals surface area (Å²) < 4.78 is 5.37. The Kier molecular flexibility index (Phi) is 3.79. The second kappa shape index (κ2) is 5.10. The van der Waals surface area contributed by atoms with Crippen LogP contribution in [0.4, 0.5) is 0 Å². The van der Waals surface area contributed by atoms with Crippen molar-refractivity contribution in [2.24, 2.45) is 0 Å². The van der Waals surface area contributed by atoms with Gasteiger partial charge in [-0.2, -0.15) is 0 Å². The van der Waals surface area contributed by atoms with Gasteiger partial charge in [-0.25, -0.2) is 0 Å². The van der Waals surface area contributed by atoms with Gasteiger partial charge in [-0.05, 0) is 25.7 Å². The largest absolute Gasteiger partial charge is 0.395 e. The molecular weight excluding hydrogens is 178 g/mol. The van der Waals surface area contributed by atoms with Gasteiger partial charge in [0.15, 0.2) is 0 Å². The normalized spacial score (nSPS) is 25.3. The third-order valence-corrected chi connectivity index (χ3v) is 3.56. The predicted octanol–water partition coefficient (Wildman–Crippen LogP) is 1.01. The quantitative estimate of drug-likeness (QED) is 0.733. The van der Waals surface area contributed by atoms with Crippen molar-refractivity contribution in [1.29, 1.82) is 0 Å². The Hall–Kier alpha value is -0.120. The van der Waals surface area contributed by atoms with E-state index in [9.17, 15) is 0 Å². The second-order valence-electron chi connectivity index (χ2n) is 4.39. The van der Waals surface area contributed by atoms with Crippen LogP contribution < -0.4 is 0 Å². The van der Waals surface area contributed by atoms with Crippen LogP contribution in [0.1, 0.15) is 32.1 Å². The van der Waals surface area contributed by atoms with E-state index >= 15 is 0 Å². The Bertz CT molecular complexity index is 165. The summed E-state index contributed by atoms with van der Waals surface area (Å²) in [5.41, 5.74) is 0. The number of nitrogens with zero attached hydrogens (tertiary/aromatic N) is 1. The average molecular weight is 199 g/mol. The van der Waals surface area contributed by atoms with Crippen LogP contribution in [-0.4, -0.2) is 48.5 Å². The summed E-state index contributed by atoms with van der Waals surface area (Å²) in [6.45, 7) is 2.96. The van der Waals surface area contributed by atoms with Gasteiger partial charge in [0.2, 0.25) is 0 Å². The minimum Gasteiger partial charge on any atom is -0.395 e. The summed E-state index contributed by atoms with van der Waals surface area (Å²) in [6.07, 6.45) is 6.33. The molecule has 1 saturated heterocycles. The molecule has 2 rings (SSSR count). The zero-order valence-corrected chi connectivity index (χ0v) is 8.82. The molecule has 0 spiro atoms. The van der Waals surface area contributed by atoms with Crippen LogP contribution in [0.5, 0.6) is 0 Å². The van der Waals surface area contributed by atoms with E-state index in [2.05, 4.69) is 4.90 Å². The highest BCUT2D eigenvalue weighted by Crippen LogP contribution is 2.28. The maximum absolute atomic E-state index is 9.06. The van der Waals surface area contributed by atoms with Crippen LogP contribution in [0.3, 0.4) is 0 Å². The summed E-state index contributed by atoms with van der Waals surface area (Å²) in [5, 5.41) is 9.06. The van der Waals surface area contributed by atoms with Gasteiger partial charge in [-0.3, -0.25) is 4.90 Å². The molecule has 1 heterocycles. The maximum atomic E-state index is 9.06. The van der Waals surface area contributed by atoms with Crippen LogP contribution in [0.15, 0.2) is 0 Å². The van der Waals surface area contributed by atoms with Gasteiger partial charge in [-0.15, -0.1) is 0 Å². The molecule has 1 aliphatic heterocycles. The van der Waals surface area contributed by atoms with E-state index in [1.54, 1.807) is 0 Å². The number of ether oxygens (including phenoxy) is 1. The Morgan fingerprint density at radius 2 is 1.71 bits per heavy atom. The molecule has 14 heavy (non-hydrogen) atoms. The summed E-state index contributed by atoms with van der Waals surface area (Å²) in [5.74, 6) is 0. The van der Waals surface area contributed by atoms with E-state index in [0.717, 1.165) is 38.6 Å². The van der Waals surface area contributed by atoms with E-state index < -0.39 is 0 Å². The molecule has 0 atom stereocenters. The lowest BCUT2D eigenvalue weighted by atomic mass is 9.89. The molecular formula is C11H21NO2. The SMILES string of the molecule is OCCN(C1CCC1)C1CCOCC1. The zero-order valence-electron chi connectivity index (χ0n) is 8.82. The zero-order chi connectivity index (χ0) is 9.80. The molecule has 3 heteroatoms. The highest BCUT2D eigenvalue weighted by atomic mass is 16.5. The third kappa shape index (κ3) is 2.27. The van der Waals surface area contributed by atoms with Crippen molar-refractivity contribution in [2.75, 3.05) is 26.4 Å². The molecule has 1 aliphatic carbocycles. The number of aliphatic hydroxyl groups excluding tert-OH is 1. The standard InChI is InChI=1S/C11H21NO2/c13-7-6-12(10-2-1-3-10)11-4-8-14-9-5-11/h10-11,13H,1-9H2. The van der Waals surface area contributed by atoms with Crippen LogP contribution in [0, 0.1) is 0 Å². The Balaban J connectivity index is 1.86. The number of hydrogen-bond donors (Lipinski definition) is 1. The van der Waals surface area contributed by atoms with Crippen LogP contribution in [0.2, 0.25) is 0 Å². The van der Waals surface area contributed by atoms with Gasteiger partial charge in [0.05, 0.1) is 6.61 Å². The smallest absolute Gasteiger partial charge is 0.0558 e. The van der Waals surface area contributed by atoms with Gasteiger partial charge >= 0.3 is 0 Å². The van der Waals surface area contributed by atoms with E-state index in [1.165, 1.54) is 19.3 Å². The Morgan fingerprint density at radius 1 is 1.07 bits per heavy atom. The highest BCUT2D eigenvalue weighted by Gasteiger charge is 2.30. The molecule has 0 radical (unpaired) electrons. The molecule has 2 fully saturated rings. The van der Waals surface area contributed by atoms with Crippen molar-refractivity contribution >= 4 is 0 Å². The molecule has 0 amide bonds. The van der Waals surface area contributed by atoms with Crippen molar-refractivity contribution in [3.05, 3.63) is 0 Å². The molecule has 0 unspecified atom stereocenters. The number of aliphatic hydroxyl groups is 1. The van der Waals surface area contributed by atoms with Crippen molar-refractivity contribution in [3.8, 4) is 0 Å². The minimum atomic E-state index is 0.299. The highest BCUT2D eigenvalue weighted by molar-refractivity contribution is 4.85.